The Bertz CT molecular complexity index is 754. The zero-order valence-electron chi connectivity index (χ0n) is 14.4. The van der Waals surface area contributed by atoms with Gasteiger partial charge in [-0.05, 0) is 43.4 Å². The van der Waals surface area contributed by atoms with Crippen LogP contribution in [-0.4, -0.2) is 46.2 Å². The molecule has 0 N–H and O–H groups in total. The Kier molecular flexibility index (Phi) is 4.57. The van der Waals surface area contributed by atoms with Crippen molar-refractivity contribution >= 4 is 23.1 Å². The average Bonchev–Trinajstić information content (AvgIpc) is 2.85. The van der Waals surface area contributed by atoms with Gasteiger partial charge >= 0.3 is 0 Å². The maximum absolute atomic E-state index is 12.8. The van der Waals surface area contributed by atoms with E-state index in [1.54, 1.807) is 19.1 Å². The van der Waals surface area contributed by atoms with Gasteiger partial charge in [0.25, 0.3) is 17.5 Å². The van der Waals surface area contributed by atoms with Crippen molar-refractivity contribution in [2.24, 2.45) is 5.92 Å². The van der Waals surface area contributed by atoms with Crippen LogP contribution in [0.25, 0.3) is 5.57 Å². The Morgan fingerprint density at radius 1 is 1.20 bits per heavy atom. The second-order valence-electron chi connectivity index (χ2n) is 6.58. The van der Waals surface area contributed by atoms with Crippen molar-refractivity contribution in [1.82, 2.24) is 9.80 Å². The predicted molar refractivity (Wildman–Crippen MR) is 92.4 cm³/mol. The van der Waals surface area contributed by atoms with Crippen LogP contribution in [0.3, 0.4) is 0 Å². The van der Waals surface area contributed by atoms with E-state index in [1.165, 1.54) is 17.0 Å². The lowest BCUT2D eigenvalue weighted by Gasteiger charge is -2.33. The molecule has 0 spiro atoms. The van der Waals surface area contributed by atoms with Gasteiger partial charge in [-0.1, -0.05) is 6.92 Å². The lowest BCUT2D eigenvalue weighted by molar-refractivity contribution is -0.384. The highest BCUT2D eigenvalue weighted by Crippen LogP contribution is 2.34. The summed E-state index contributed by atoms with van der Waals surface area (Å²) in [7, 11) is 0. The zero-order valence-corrected chi connectivity index (χ0v) is 14.4. The molecule has 0 aromatic heterocycles. The molecular weight excluding hydrogens is 322 g/mol. The zero-order chi connectivity index (χ0) is 18.1. The summed E-state index contributed by atoms with van der Waals surface area (Å²) < 4.78 is 0. The number of carbonyl (C=O) groups is 2. The van der Waals surface area contributed by atoms with Gasteiger partial charge in [0.05, 0.1) is 10.5 Å². The van der Waals surface area contributed by atoms with Crippen LogP contribution < -0.4 is 0 Å². The van der Waals surface area contributed by atoms with Crippen LogP contribution in [0.5, 0.6) is 0 Å². The number of nitro groups is 1. The summed E-state index contributed by atoms with van der Waals surface area (Å²) in [4.78, 5) is 39.2. The molecule has 1 aromatic carbocycles. The van der Waals surface area contributed by atoms with Crippen molar-refractivity contribution in [3.63, 3.8) is 0 Å². The van der Waals surface area contributed by atoms with Crippen molar-refractivity contribution in [3.8, 4) is 0 Å². The molecule has 132 valence electrons. The Morgan fingerprint density at radius 3 is 2.44 bits per heavy atom. The van der Waals surface area contributed by atoms with Crippen LogP contribution in [-0.2, 0) is 9.59 Å². The monoisotopic (exact) mass is 343 g/mol. The van der Waals surface area contributed by atoms with Gasteiger partial charge in [-0.25, -0.2) is 0 Å². The van der Waals surface area contributed by atoms with Crippen molar-refractivity contribution in [1.29, 1.82) is 0 Å². The van der Waals surface area contributed by atoms with Crippen LogP contribution in [0.15, 0.2) is 30.0 Å². The number of hydrogen-bond donors (Lipinski definition) is 0. The lowest BCUT2D eigenvalue weighted by Crippen LogP contribution is -2.39. The first-order valence-corrected chi connectivity index (χ1v) is 8.54. The van der Waals surface area contributed by atoms with Crippen LogP contribution in [0.1, 0.15) is 32.3 Å². The Balaban J connectivity index is 2.07. The number of non-ortho nitro benzene ring substituents is 1. The second-order valence-corrected chi connectivity index (χ2v) is 6.58. The standard InChI is InChI=1S/C18H21N3O4/c1-3-20-17(22)15(13-6-8-14(9-7-13)21(24)25)16(18(20)23)19-10-4-5-12(2)11-19/h6-9,12H,3-5,10-11H2,1-2H3. The number of likely N-dealkylation sites (tertiary alicyclic amines) is 1. The molecule has 2 heterocycles. The highest BCUT2D eigenvalue weighted by molar-refractivity contribution is 6.35. The maximum Gasteiger partial charge on any atom is 0.277 e. The van der Waals surface area contributed by atoms with Crippen LogP contribution in [0.4, 0.5) is 5.69 Å². The molecule has 2 amide bonds. The first-order valence-electron chi connectivity index (χ1n) is 8.54. The number of likely N-dealkylation sites (N-methyl/N-ethyl adjacent to an activating group) is 1. The highest BCUT2D eigenvalue weighted by Gasteiger charge is 2.41. The third-order valence-corrected chi connectivity index (χ3v) is 4.80. The fourth-order valence-electron chi connectivity index (χ4n) is 3.55. The number of nitrogens with zero attached hydrogens (tertiary/aromatic N) is 3. The predicted octanol–water partition coefficient (Wildman–Crippen LogP) is 2.43. The van der Waals surface area contributed by atoms with Gasteiger partial charge in [0, 0.05) is 31.8 Å². The van der Waals surface area contributed by atoms with Crippen LogP contribution >= 0.6 is 0 Å². The van der Waals surface area contributed by atoms with Crippen molar-refractivity contribution in [2.75, 3.05) is 19.6 Å². The number of imide groups is 1. The van der Waals surface area contributed by atoms with Crippen molar-refractivity contribution < 1.29 is 14.5 Å². The van der Waals surface area contributed by atoms with Gasteiger partial charge in [-0.15, -0.1) is 0 Å². The molecule has 1 saturated heterocycles. The van der Waals surface area contributed by atoms with E-state index >= 15 is 0 Å². The number of benzene rings is 1. The van der Waals surface area contributed by atoms with Gasteiger partial charge in [-0.2, -0.15) is 0 Å². The molecule has 1 fully saturated rings. The molecule has 2 aliphatic rings. The fourth-order valence-corrected chi connectivity index (χ4v) is 3.55. The van der Waals surface area contributed by atoms with E-state index in [9.17, 15) is 19.7 Å². The number of carbonyl (C=O) groups excluding carboxylic acids is 2. The molecule has 0 bridgehead atoms. The maximum atomic E-state index is 12.8. The van der Waals surface area contributed by atoms with Gasteiger partial charge in [0.1, 0.15) is 5.70 Å². The molecule has 7 nitrogen and oxygen atoms in total. The topological polar surface area (TPSA) is 83.8 Å². The lowest BCUT2D eigenvalue weighted by atomic mass is 9.97. The Labute approximate surface area is 146 Å². The molecule has 1 atom stereocenters. The van der Waals surface area contributed by atoms with Crippen LogP contribution in [0.2, 0.25) is 0 Å². The van der Waals surface area contributed by atoms with Gasteiger partial charge in [-0.3, -0.25) is 24.6 Å². The molecule has 7 heteroatoms. The Hall–Kier alpha value is -2.70. The largest absolute Gasteiger partial charge is 0.366 e. The fraction of sp³-hybridized carbons (Fsp3) is 0.444. The number of amides is 2. The number of piperidine rings is 1. The minimum absolute atomic E-state index is 0.0402. The van der Waals surface area contributed by atoms with Gasteiger partial charge in [0.15, 0.2) is 0 Å². The molecule has 0 saturated carbocycles. The average molecular weight is 343 g/mol. The number of nitro benzene ring substituents is 1. The van der Waals surface area contributed by atoms with E-state index in [2.05, 4.69) is 6.92 Å². The van der Waals surface area contributed by atoms with E-state index in [1.807, 2.05) is 4.90 Å². The smallest absolute Gasteiger partial charge is 0.277 e. The Morgan fingerprint density at radius 2 is 1.88 bits per heavy atom. The summed E-state index contributed by atoms with van der Waals surface area (Å²) in [5.74, 6) is -0.137. The molecule has 25 heavy (non-hydrogen) atoms. The van der Waals surface area contributed by atoms with E-state index in [0.29, 0.717) is 29.3 Å². The van der Waals surface area contributed by atoms with Crippen molar-refractivity contribution in [3.05, 3.63) is 45.6 Å². The third kappa shape index (κ3) is 3.01. The molecule has 1 unspecified atom stereocenters. The summed E-state index contributed by atoms with van der Waals surface area (Å²) in [6.45, 7) is 5.69. The minimum Gasteiger partial charge on any atom is -0.366 e. The molecule has 3 rings (SSSR count). The number of hydrogen-bond acceptors (Lipinski definition) is 5. The summed E-state index contributed by atoms with van der Waals surface area (Å²) in [6.07, 6.45) is 2.09. The molecule has 0 aliphatic carbocycles. The molecule has 1 aromatic rings. The molecule has 0 radical (unpaired) electrons. The molecular formula is C18H21N3O4. The highest BCUT2D eigenvalue weighted by atomic mass is 16.6. The van der Waals surface area contributed by atoms with E-state index in [4.69, 9.17) is 0 Å². The van der Waals surface area contributed by atoms with E-state index in [0.717, 1.165) is 25.9 Å². The number of rotatable bonds is 4. The third-order valence-electron chi connectivity index (χ3n) is 4.80. The van der Waals surface area contributed by atoms with Crippen LogP contribution in [0, 0.1) is 16.0 Å². The van der Waals surface area contributed by atoms with Gasteiger partial charge < -0.3 is 4.90 Å². The second kappa shape index (κ2) is 6.66. The summed E-state index contributed by atoms with van der Waals surface area (Å²) in [6, 6.07) is 5.83. The van der Waals surface area contributed by atoms with Gasteiger partial charge in [0.2, 0.25) is 0 Å². The van der Waals surface area contributed by atoms with E-state index < -0.39 is 4.92 Å². The van der Waals surface area contributed by atoms with E-state index in [-0.39, 0.29) is 17.5 Å². The first kappa shape index (κ1) is 17.1. The minimum atomic E-state index is -0.481. The summed E-state index contributed by atoms with van der Waals surface area (Å²) in [5.41, 5.74) is 1.30. The molecule has 2 aliphatic heterocycles. The first-order chi connectivity index (χ1) is 11.9. The normalized spacial score (nSPS) is 21.3. The van der Waals surface area contributed by atoms with Crippen molar-refractivity contribution in [2.45, 2.75) is 26.7 Å². The summed E-state index contributed by atoms with van der Waals surface area (Å²) >= 11 is 0. The quantitative estimate of drug-likeness (QED) is 0.476. The SMILES string of the molecule is CCN1C(=O)C(c2ccc([N+](=O)[O-])cc2)=C(N2CCCC(C)C2)C1=O. The summed E-state index contributed by atoms with van der Waals surface area (Å²) in [5, 5.41) is 10.9.